The molecule has 144 valence electrons. The fourth-order valence-electron chi connectivity index (χ4n) is 2.82. The molecule has 27 heavy (non-hydrogen) atoms. The van der Waals surface area contributed by atoms with Gasteiger partial charge in [-0.05, 0) is 30.2 Å². The van der Waals surface area contributed by atoms with Crippen molar-refractivity contribution in [1.29, 1.82) is 0 Å². The molecule has 7 nitrogen and oxygen atoms in total. The Morgan fingerprint density at radius 3 is 2.74 bits per heavy atom. The number of benzene rings is 1. The van der Waals surface area contributed by atoms with Crippen LogP contribution in [0.1, 0.15) is 22.3 Å². The summed E-state index contributed by atoms with van der Waals surface area (Å²) in [6.07, 6.45) is 3.11. The Kier molecular flexibility index (Phi) is 6.49. The zero-order chi connectivity index (χ0) is 19.1. The van der Waals surface area contributed by atoms with E-state index >= 15 is 0 Å². The van der Waals surface area contributed by atoms with E-state index in [0.717, 1.165) is 12.0 Å². The minimum absolute atomic E-state index is 0.0404. The number of aromatic nitrogens is 1. The van der Waals surface area contributed by atoms with Crippen molar-refractivity contribution in [2.24, 2.45) is 0 Å². The number of rotatable bonds is 8. The van der Waals surface area contributed by atoms with Crippen molar-refractivity contribution >= 4 is 5.91 Å². The Morgan fingerprint density at radius 2 is 2.07 bits per heavy atom. The van der Waals surface area contributed by atoms with Crippen LogP contribution in [0.5, 0.6) is 17.4 Å². The molecule has 2 aromatic rings. The quantitative estimate of drug-likeness (QED) is 0.766. The number of hydrogen-bond donors (Lipinski definition) is 1. The van der Waals surface area contributed by atoms with Gasteiger partial charge in [-0.1, -0.05) is 6.07 Å². The smallest absolute Gasteiger partial charge is 0.252 e. The Balaban J connectivity index is 1.49. The van der Waals surface area contributed by atoms with E-state index in [2.05, 4.69) is 10.3 Å². The lowest BCUT2D eigenvalue weighted by Gasteiger charge is -2.11. The lowest BCUT2D eigenvalue weighted by Crippen LogP contribution is -2.26. The van der Waals surface area contributed by atoms with Crippen LogP contribution in [0.15, 0.2) is 36.5 Å². The van der Waals surface area contributed by atoms with Crippen molar-refractivity contribution in [2.75, 3.05) is 34.0 Å². The molecule has 1 saturated heterocycles. The second kappa shape index (κ2) is 9.23. The monoisotopic (exact) mass is 372 g/mol. The van der Waals surface area contributed by atoms with Crippen molar-refractivity contribution in [3.8, 4) is 17.4 Å². The van der Waals surface area contributed by atoms with Crippen LogP contribution in [0.2, 0.25) is 0 Å². The van der Waals surface area contributed by atoms with E-state index in [-0.39, 0.29) is 12.0 Å². The Morgan fingerprint density at radius 1 is 1.22 bits per heavy atom. The highest BCUT2D eigenvalue weighted by molar-refractivity contribution is 5.93. The molecule has 2 heterocycles. The normalized spacial score (nSPS) is 16.0. The molecule has 0 bridgehead atoms. The van der Waals surface area contributed by atoms with E-state index in [1.54, 1.807) is 26.4 Å². The van der Waals surface area contributed by atoms with Crippen LogP contribution in [-0.4, -0.2) is 51.0 Å². The molecular formula is C20H24N2O5. The summed E-state index contributed by atoms with van der Waals surface area (Å²) in [7, 11) is 3.20. The van der Waals surface area contributed by atoms with Crippen LogP contribution in [0.4, 0.5) is 0 Å². The summed E-state index contributed by atoms with van der Waals surface area (Å²) in [5.74, 6) is 1.70. The molecule has 3 rings (SSSR count). The van der Waals surface area contributed by atoms with E-state index in [0.29, 0.717) is 49.1 Å². The van der Waals surface area contributed by atoms with Gasteiger partial charge < -0.3 is 24.3 Å². The highest BCUT2D eigenvalue weighted by Gasteiger charge is 2.17. The fraction of sp³-hybridized carbons (Fsp3) is 0.400. The zero-order valence-electron chi connectivity index (χ0n) is 15.6. The van der Waals surface area contributed by atoms with Crippen LogP contribution in [0, 0.1) is 0 Å². The first-order valence-corrected chi connectivity index (χ1v) is 8.89. The Bertz CT molecular complexity index is 757. The maximum atomic E-state index is 12.3. The zero-order valence-corrected chi connectivity index (χ0v) is 15.6. The van der Waals surface area contributed by atoms with Gasteiger partial charge >= 0.3 is 0 Å². The minimum atomic E-state index is -0.168. The molecule has 0 saturated carbocycles. The van der Waals surface area contributed by atoms with Crippen molar-refractivity contribution in [3.05, 3.63) is 47.7 Å². The van der Waals surface area contributed by atoms with Gasteiger partial charge in [-0.15, -0.1) is 0 Å². The topological polar surface area (TPSA) is 78.9 Å². The van der Waals surface area contributed by atoms with E-state index in [1.165, 1.54) is 6.20 Å². The molecule has 7 heteroatoms. The number of carbonyl (C=O) groups is 1. The number of nitrogens with one attached hydrogen (secondary N) is 1. The number of carbonyl (C=O) groups excluding carboxylic acids is 1. The third-order valence-electron chi connectivity index (χ3n) is 4.32. The Labute approximate surface area is 158 Å². The summed E-state index contributed by atoms with van der Waals surface area (Å²) in [5.41, 5.74) is 1.55. The molecule has 1 aliphatic rings. The number of methoxy groups -OCH3 is 2. The number of pyridine rings is 1. The SMILES string of the molecule is COc1ccc(CCNC(=O)c2ccc(OC3CCOC3)nc2)cc1OC. The molecule has 0 aliphatic carbocycles. The second-order valence-corrected chi connectivity index (χ2v) is 6.18. The molecule has 0 spiro atoms. The first-order valence-electron chi connectivity index (χ1n) is 8.89. The van der Waals surface area contributed by atoms with Crippen LogP contribution in [0.3, 0.4) is 0 Å². The summed E-state index contributed by atoms with van der Waals surface area (Å²) in [5, 5.41) is 2.89. The molecule has 1 fully saturated rings. The van der Waals surface area contributed by atoms with E-state index < -0.39 is 0 Å². The molecule has 1 aromatic carbocycles. The number of nitrogens with zero attached hydrogens (tertiary/aromatic N) is 1. The van der Waals surface area contributed by atoms with Gasteiger partial charge in [0.15, 0.2) is 11.5 Å². The molecular weight excluding hydrogens is 348 g/mol. The summed E-state index contributed by atoms with van der Waals surface area (Å²) >= 11 is 0. The maximum Gasteiger partial charge on any atom is 0.252 e. The summed E-state index contributed by atoms with van der Waals surface area (Å²) < 4.78 is 21.5. The largest absolute Gasteiger partial charge is 0.493 e. The van der Waals surface area contributed by atoms with Crippen molar-refractivity contribution < 1.29 is 23.7 Å². The number of ether oxygens (including phenoxy) is 4. The number of hydrogen-bond acceptors (Lipinski definition) is 6. The third kappa shape index (κ3) is 5.10. The summed E-state index contributed by atoms with van der Waals surface area (Å²) in [6, 6.07) is 9.14. The van der Waals surface area contributed by atoms with Gasteiger partial charge in [0.25, 0.3) is 5.91 Å². The van der Waals surface area contributed by atoms with Gasteiger partial charge in [0.2, 0.25) is 5.88 Å². The van der Waals surface area contributed by atoms with Gasteiger partial charge in [0.05, 0.1) is 33.0 Å². The molecule has 0 radical (unpaired) electrons. The van der Waals surface area contributed by atoms with E-state index in [4.69, 9.17) is 18.9 Å². The average molecular weight is 372 g/mol. The average Bonchev–Trinajstić information content (AvgIpc) is 3.21. The summed E-state index contributed by atoms with van der Waals surface area (Å²) in [4.78, 5) is 16.5. The Hall–Kier alpha value is -2.80. The van der Waals surface area contributed by atoms with Gasteiger partial charge in [-0.2, -0.15) is 0 Å². The fourth-order valence-corrected chi connectivity index (χ4v) is 2.82. The molecule has 1 aromatic heterocycles. The highest BCUT2D eigenvalue weighted by Crippen LogP contribution is 2.27. The highest BCUT2D eigenvalue weighted by atomic mass is 16.5. The van der Waals surface area contributed by atoms with E-state index in [9.17, 15) is 4.79 Å². The lowest BCUT2D eigenvalue weighted by molar-refractivity contribution is 0.0953. The first-order chi connectivity index (χ1) is 13.2. The second-order valence-electron chi connectivity index (χ2n) is 6.18. The molecule has 1 aliphatic heterocycles. The first kappa shape index (κ1) is 19.0. The predicted octanol–water partition coefficient (Wildman–Crippen LogP) is 2.24. The van der Waals surface area contributed by atoms with Crippen LogP contribution < -0.4 is 19.5 Å². The third-order valence-corrected chi connectivity index (χ3v) is 4.32. The van der Waals surface area contributed by atoms with Gasteiger partial charge in [0.1, 0.15) is 6.10 Å². The molecule has 1 N–H and O–H groups in total. The van der Waals surface area contributed by atoms with Crippen LogP contribution in [0.25, 0.3) is 0 Å². The predicted molar refractivity (Wildman–Crippen MR) is 99.7 cm³/mol. The van der Waals surface area contributed by atoms with Crippen molar-refractivity contribution in [1.82, 2.24) is 10.3 Å². The lowest BCUT2D eigenvalue weighted by atomic mass is 10.1. The maximum absolute atomic E-state index is 12.3. The van der Waals surface area contributed by atoms with Crippen LogP contribution in [-0.2, 0) is 11.2 Å². The van der Waals surface area contributed by atoms with Gasteiger partial charge in [-0.3, -0.25) is 4.79 Å². The standard InChI is InChI=1S/C20H24N2O5/c1-24-17-5-3-14(11-18(17)25-2)7-9-21-20(23)15-4-6-19(22-12-15)27-16-8-10-26-13-16/h3-6,11-12,16H,7-10,13H2,1-2H3,(H,21,23). The van der Waals surface area contributed by atoms with Crippen molar-refractivity contribution in [2.45, 2.75) is 18.9 Å². The molecule has 1 unspecified atom stereocenters. The molecule has 1 amide bonds. The van der Waals surface area contributed by atoms with Crippen molar-refractivity contribution in [3.63, 3.8) is 0 Å². The molecule has 1 atom stereocenters. The van der Waals surface area contributed by atoms with Gasteiger partial charge in [0, 0.05) is 25.2 Å². The summed E-state index contributed by atoms with van der Waals surface area (Å²) in [6.45, 7) is 1.80. The minimum Gasteiger partial charge on any atom is -0.493 e. The van der Waals surface area contributed by atoms with E-state index in [1.807, 2.05) is 18.2 Å². The number of amides is 1. The van der Waals surface area contributed by atoms with Gasteiger partial charge in [-0.25, -0.2) is 4.98 Å². The van der Waals surface area contributed by atoms with Crippen LogP contribution >= 0.6 is 0 Å².